The molecule has 0 saturated carbocycles. The van der Waals surface area contributed by atoms with Gasteiger partial charge in [-0.05, 0) is 69.5 Å². The molecule has 1 aromatic carbocycles. The Morgan fingerprint density at radius 3 is 2.56 bits per heavy atom. The van der Waals surface area contributed by atoms with Gasteiger partial charge in [0.2, 0.25) is 5.91 Å². The monoisotopic (exact) mass is 346 g/mol. The number of hydrogen-bond donors (Lipinski definition) is 0. The second kappa shape index (κ2) is 8.09. The molecule has 5 heteroatoms. The van der Waals surface area contributed by atoms with Crippen LogP contribution < -0.4 is 9.47 Å². The minimum absolute atomic E-state index is 0.271. The number of rotatable bonds is 6. The lowest BCUT2D eigenvalue weighted by atomic mass is 10.0. The summed E-state index contributed by atoms with van der Waals surface area (Å²) >= 11 is 0. The van der Waals surface area contributed by atoms with Crippen molar-refractivity contribution in [2.24, 2.45) is 0 Å². The third-order valence-corrected chi connectivity index (χ3v) is 5.74. The summed E-state index contributed by atoms with van der Waals surface area (Å²) in [6, 6.07) is 6.70. The number of amides is 1. The summed E-state index contributed by atoms with van der Waals surface area (Å²) in [6.45, 7) is 2.06. The molecular formula is C20H30N2O3. The van der Waals surface area contributed by atoms with Crippen molar-refractivity contribution in [1.29, 1.82) is 0 Å². The summed E-state index contributed by atoms with van der Waals surface area (Å²) < 4.78 is 10.7. The molecule has 2 fully saturated rings. The van der Waals surface area contributed by atoms with Crippen LogP contribution in [0, 0.1) is 0 Å². The van der Waals surface area contributed by atoms with Crippen LogP contribution in [0.5, 0.6) is 11.5 Å². The number of likely N-dealkylation sites (N-methyl/N-ethyl adjacent to an activating group) is 1. The third-order valence-electron chi connectivity index (χ3n) is 5.74. The highest BCUT2D eigenvalue weighted by atomic mass is 16.5. The van der Waals surface area contributed by atoms with E-state index in [-0.39, 0.29) is 5.91 Å². The number of ether oxygens (including phenoxy) is 2. The van der Waals surface area contributed by atoms with Gasteiger partial charge in [-0.2, -0.15) is 0 Å². The van der Waals surface area contributed by atoms with Crippen molar-refractivity contribution in [2.75, 3.05) is 34.4 Å². The lowest BCUT2D eigenvalue weighted by Crippen LogP contribution is -2.47. The first-order valence-electron chi connectivity index (χ1n) is 9.34. The maximum absolute atomic E-state index is 12.9. The first-order valence-corrected chi connectivity index (χ1v) is 9.34. The van der Waals surface area contributed by atoms with Gasteiger partial charge in [0.25, 0.3) is 0 Å². The Hall–Kier alpha value is -1.75. The lowest BCUT2D eigenvalue weighted by Gasteiger charge is -2.33. The summed E-state index contributed by atoms with van der Waals surface area (Å²) in [6.07, 6.45) is 5.95. The molecule has 0 N–H and O–H groups in total. The van der Waals surface area contributed by atoms with Gasteiger partial charge in [-0.25, -0.2) is 0 Å². The van der Waals surface area contributed by atoms with Gasteiger partial charge in [0.1, 0.15) is 11.5 Å². The van der Waals surface area contributed by atoms with Gasteiger partial charge in [0, 0.05) is 25.0 Å². The van der Waals surface area contributed by atoms with Gasteiger partial charge >= 0.3 is 0 Å². The topological polar surface area (TPSA) is 42.0 Å². The molecule has 2 saturated heterocycles. The van der Waals surface area contributed by atoms with Crippen LogP contribution in [0.15, 0.2) is 18.2 Å². The molecule has 2 aliphatic heterocycles. The zero-order chi connectivity index (χ0) is 17.8. The Bertz CT molecular complexity index is 605. The van der Waals surface area contributed by atoms with Crippen molar-refractivity contribution in [1.82, 2.24) is 9.80 Å². The number of hydrogen-bond acceptors (Lipinski definition) is 4. The van der Waals surface area contributed by atoms with E-state index in [1.165, 1.54) is 12.8 Å². The van der Waals surface area contributed by atoms with Crippen LogP contribution in [-0.4, -0.2) is 62.1 Å². The molecule has 0 spiro atoms. The molecule has 0 bridgehead atoms. The summed E-state index contributed by atoms with van der Waals surface area (Å²) in [4.78, 5) is 17.5. The van der Waals surface area contributed by atoms with Crippen molar-refractivity contribution >= 4 is 5.91 Å². The molecular weight excluding hydrogens is 316 g/mol. The predicted octanol–water partition coefficient (Wildman–Crippen LogP) is 2.72. The number of carbonyl (C=O) groups excluding carboxylic acids is 1. The predicted molar refractivity (Wildman–Crippen MR) is 98.3 cm³/mol. The number of benzene rings is 1. The quantitative estimate of drug-likeness (QED) is 0.794. The van der Waals surface area contributed by atoms with Crippen molar-refractivity contribution in [2.45, 2.75) is 50.6 Å². The van der Waals surface area contributed by atoms with E-state index in [9.17, 15) is 4.79 Å². The molecule has 2 heterocycles. The van der Waals surface area contributed by atoms with E-state index in [0.29, 0.717) is 24.9 Å². The van der Waals surface area contributed by atoms with E-state index in [1.54, 1.807) is 14.2 Å². The molecule has 2 aliphatic rings. The van der Waals surface area contributed by atoms with E-state index in [4.69, 9.17) is 9.47 Å². The van der Waals surface area contributed by atoms with E-state index < -0.39 is 0 Å². The first-order chi connectivity index (χ1) is 12.1. The van der Waals surface area contributed by atoms with Crippen molar-refractivity contribution in [3.8, 4) is 11.5 Å². The van der Waals surface area contributed by atoms with E-state index >= 15 is 0 Å². The zero-order valence-corrected chi connectivity index (χ0v) is 15.7. The van der Waals surface area contributed by atoms with Crippen LogP contribution in [-0.2, 0) is 11.2 Å². The highest BCUT2D eigenvalue weighted by Crippen LogP contribution is 2.30. The fourth-order valence-electron chi connectivity index (χ4n) is 4.39. The normalized spacial score (nSPS) is 23.9. The van der Waals surface area contributed by atoms with E-state index in [0.717, 1.165) is 43.0 Å². The summed E-state index contributed by atoms with van der Waals surface area (Å²) in [5.41, 5.74) is 1.03. The number of likely N-dealkylation sites (tertiary alicyclic amines) is 2. The minimum Gasteiger partial charge on any atom is -0.497 e. The molecule has 0 aromatic heterocycles. The Morgan fingerprint density at radius 1 is 1.12 bits per heavy atom. The Morgan fingerprint density at radius 2 is 1.88 bits per heavy atom. The average molecular weight is 346 g/mol. The van der Waals surface area contributed by atoms with Crippen LogP contribution in [0.3, 0.4) is 0 Å². The van der Waals surface area contributed by atoms with Gasteiger partial charge in [0.05, 0.1) is 14.2 Å². The Balaban J connectivity index is 1.64. The highest BCUT2D eigenvalue weighted by molar-refractivity contribution is 5.77. The molecule has 5 nitrogen and oxygen atoms in total. The molecule has 0 radical (unpaired) electrons. The van der Waals surface area contributed by atoms with Crippen LogP contribution in [0.4, 0.5) is 0 Å². The minimum atomic E-state index is 0.271. The van der Waals surface area contributed by atoms with Crippen LogP contribution in [0.1, 0.15) is 37.7 Å². The second-order valence-corrected chi connectivity index (χ2v) is 7.16. The van der Waals surface area contributed by atoms with E-state index in [1.807, 2.05) is 18.2 Å². The molecule has 138 valence electrons. The molecule has 0 aliphatic carbocycles. The van der Waals surface area contributed by atoms with Crippen molar-refractivity contribution in [3.05, 3.63) is 23.8 Å². The Kier molecular flexibility index (Phi) is 5.84. The standard InChI is InChI=1S/C20H30N2O3/c1-21-12-4-6-17(21)18-7-5-13-22(18)20(23)11-8-15-14-16(24-2)9-10-19(15)25-3/h9-10,14,17-18H,4-8,11-13H2,1-3H3/t17-,18+/m0/s1. The molecule has 25 heavy (non-hydrogen) atoms. The smallest absolute Gasteiger partial charge is 0.223 e. The van der Waals surface area contributed by atoms with Gasteiger partial charge in [0.15, 0.2) is 0 Å². The Labute approximate surface area is 150 Å². The van der Waals surface area contributed by atoms with Gasteiger partial charge in [-0.1, -0.05) is 0 Å². The summed E-state index contributed by atoms with van der Waals surface area (Å²) in [7, 11) is 5.52. The molecule has 3 rings (SSSR count). The van der Waals surface area contributed by atoms with E-state index in [2.05, 4.69) is 16.8 Å². The highest BCUT2D eigenvalue weighted by Gasteiger charge is 2.38. The van der Waals surface area contributed by atoms with Crippen LogP contribution in [0.25, 0.3) is 0 Å². The molecule has 2 atom stereocenters. The zero-order valence-electron chi connectivity index (χ0n) is 15.7. The SMILES string of the molecule is COc1ccc(OC)c(CCC(=O)N2CCC[C@@H]2[C@@H]2CCCN2C)c1. The number of methoxy groups -OCH3 is 2. The van der Waals surface area contributed by atoms with Crippen LogP contribution in [0.2, 0.25) is 0 Å². The first kappa shape index (κ1) is 18.1. The fraction of sp³-hybridized carbons (Fsp3) is 0.650. The van der Waals surface area contributed by atoms with Gasteiger partial charge in [-0.3, -0.25) is 4.79 Å². The van der Waals surface area contributed by atoms with Crippen molar-refractivity contribution in [3.63, 3.8) is 0 Å². The molecule has 1 aromatic rings. The fourth-order valence-corrected chi connectivity index (χ4v) is 4.39. The molecule has 0 unspecified atom stereocenters. The summed E-state index contributed by atoms with van der Waals surface area (Å²) in [5, 5.41) is 0. The largest absolute Gasteiger partial charge is 0.497 e. The maximum atomic E-state index is 12.9. The van der Waals surface area contributed by atoms with Gasteiger partial charge < -0.3 is 19.3 Å². The number of nitrogens with zero attached hydrogens (tertiary/aromatic N) is 2. The van der Waals surface area contributed by atoms with Gasteiger partial charge in [-0.15, -0.1) is 0 Å². The second-order valence-electron chi connectivity index (χ2n) is 7.16. The van der Waals surface area contributed by atoms with Crippen LogP contribution >= 0.6 is 0 Å². The lowest BCUT2D eigenvalue weighted by molar-refractivity contribution is -0.132. The maximum Gasteiger partial charge on any atom is 0.223 e. The third kappa shape index (κ3) is 3.92. The average Bonchev–Trinajstić information content (AvgIpc) is 3.27. The van der Waals surface area contributed by atoms with Crippen molar-refractivity contribution < 1.29 is 14.3 Å². The molecule has 1 amide bonds. The number of carbonyl (C=O) groups is 1. The summed E-state index contributed by atoms with van der Waals surface area (Å²) in [5.74, 6) is 1.89. The number of aryl methyl sites for hydroxylation is 1.